The third kappa shape index (κ3) is 4.06. The average Bonchev–Trinajstić information content (AvgIpc) is 2.90. The molecule has 134 valence electrons. The Hall–Kier alpha value is -2.24. The van der Waals surface area contributed by atoms with Crippen LogP contribution in [-0.4, -0.2) is 32.2 Å². The smallest absolute Gasteiger partial charge is 0.233 e. The Morgan fingerprint density at radius 2 is 2.04 bits per heavy atom. The topological polar surface area (TPSA) is 63.9 Å². The third-order valence-corrected chi connectivity index (χ3v) is 4.36. The predicted octanol–water partition coefficient (Wildman–Crippen LogP) is 2.93. The van der Waals surface area contributed by atoms with Gasteiger partial charge in [0, 0.05) is 18.7 Å². The number of aromatic nitrogens is 4. The first kappa shape index (κ1) is 17.6. The van der Waals surface area contributed by atoms with Crippen LogP contribution >= 0.6 is 0 Å². The summed E-state index contributed by atoms with van der Waals surface area (Å²) in [4.78, 5) is 24.2. The van der Waals surface area contributed by atoms with E-state index in [0.29, 0.717) is 13.1 Å². The Bertz CT molecular complexity index is 774. The molecule has 0 aliphatic carbocycles. The van der Waals surface area contributed by atoms with Crippen LogP contribution in [0.5, 0.6) is 0 Å². The maximum absolute atomic E-state index is 13.3. The van der Waals surface area contributed by atoms with E-state index in [9.17, 15) is 4.79 Å². The molecule has 2 aromatic rings. The number of aryl methyl sites for hydroxylation is 3. The highest BCUT2D eigenvalue weighted by Crippen LogP contribution is 2.26. The molecule has 0 saturated carbocycles. The van der Waals surface area contributed by atoms with Gasteiger partial charge in [0.15, 0.2) is 0 Å². The molecule has 1 amide bonds. The first-order chi connectivity index (χ1) is 11.7. The van der Waals surface area contributed by atoms with E-state index in [2.05, 4.69) is 35.8 Å². The fraction of sp³-hybridized carbons (Fsp3) is 0.579. The third-order valence-electron chi connectivity index (χ3n) is 4.36. The largest absolute Gasteiger partial charge is 0.296 e. The van der Waals surface area contributed by atoms with Gasteiger partial charge in [0.05, 0.1) is 12.5 Å². The van der Waals surface area contributed by atoms with E-state index in [1.165, 1.54) is 0 Å². The number of amides is 1. The van der Waals surface area contributed by atoms with Crippen molar-refractivity contribution in [3.63, 3.8) is 0 Å². The van der Waals surface area contributed by atoms with Crippen LogP contribution in [0.3, 0.4) is 0 Å². The first-order valence-corrected chi connectivity index (χ1v) is 8.88. The highest BCUT2D eigenvalue weighted by Gasteiger charge is 2.32. The monoisotopic (exact) mass is 341 g/mol. The SMILES string of the molecule is Cc1cccc(N(CC(C)(C)C)C(=O)[C@H]2CCc3nc(C)nn3C2)n1. The van der Waals surface area contributed by atoms with Crippen molar-refractivity contribution in [3.05, 3.63) is 35.5 Å². The highest BCUT2D eigenvalue weighted by molar-refractivity contribution is 5.94. The molecule has 0 fully saturated rings. The van der Waals surface area contributed by atoms with Gasteiger partial charge >= 0.3 is 0 Å². The summed E-state index contributed by atoms with van der Waals surface area (Å²) in [6, 6.07) is 5.83. The summed E-state index contributed by atoms with van der Waals surface area (Å²) >= 11 is 0. The van der Waals surface area contributed by atoms with Crippen LogP contribution in [0.15, 0.2) is 18.2 Å². The van der Waals surface area contributed by atoms with Crippen LogP contribution < -0.4 is 4.90 Å². The molecule has 6 heteroatoms. The summed E-state index contributed by atoms with van der Waals surface area (Å²) in [7, 11) is 0. The number of fused-ring (bicyclic) bond motifs is 1. The average molecular weight is 341 g/mol. The van der Waals surface area contributed by atoms with Gasteiger partial charge in [0.25, 0.3) is 0 Å². The molecular formula is C19H27N5O. The van der Waals surface area contributed by atoms with Crippen molar-refractivity contribution < 1.29 is 4.79 Å². The number of pyridine rings is 1. The maximum atomic E-state index is 13.3. The molecule has 25 heavy (non-hydrogen) atoms. The number of hydrogen-bond acceptors (Lipinski definition) is 4. The van der Waals surface area contributed by atoms with Crippen LogP contribution in [0.25, 0.3) is 0 Å². The number of hydrogen-bond donors (Lipinski definition) is 0. The quantitative estimate of drug-likeness (QED) is 0.861. The molecule has 0 saturated heterocycles. The molecule has 0 unspecified atom stereocenters. The summed E-state index contributed by atoms with van der Waals surface area (Å²) < 4.78 is 1.89. The highest BCUT2D eigenvalue weighted by atomic mass is 16.2. The van der Waals surface area contributed by atoms with E-state index < -0.39 is 0 Å². The lowest BCUT2D eigenvalue weighted by Crippen LogP contribution is -2.44. The van der Waals surface area contributed by atoms with Gasteiger partial charge < -0.3 is 0 Å². The van der Waals surface area contributed by atoms with Crippen molar-refractivity contribution in [1.82, 2.24) is 19.7 Å². The molecule has 6 nitrogen and oxygen atoms in total. The fourth-order valence-corrected chi connectivity index (χ4v) is 3.28. The fourth-order valence-electron chi connectivity index (χ4n) is 3.28. The lowest BCUT2D eigenvalue weighted by Gasteiger charge is -2.33. The van der Waals surface area contributed by atoms with Crippen molar-refractivity contribution in [2.45, 2.75) is 54.0 Å². The van der Waals surface area contributed by atoms with E-state index >= 15 is 0 Å². The van der Waals surface area contributed by atoms with Gasteiger partial charge in [-0.15, -0.1) is 0 Å². The molecular weight excluding hydrogens is 314 g/mol. The molecule has 0 spiro atoms. The number of anilines is 1. The molecule has 0 radical (unpaired) electrons. The normalized spacial score (nSPS) is 17.2. The van der Waals surface area contributed by atoms with E-state index in [1.807, 2.05) is 41.6 Å². The second-order valence-electron chi connectivity index (χ2n) is 8.12. The van der Waals surface area contributed by atoms with Crippen molar-refractivity contribution in [2.24, 2.45) is 11.3 Å². The van der Waals surface area contributed by atoms with Crippen LogP contribution in [0.2, 0.25) is 0 Å². The second kappa shape index (κ2) is 6.58. The molecule has 2 aromatic heterocycles. The second-order valence-corrected chi connectivity index (χ2v) is 8.12. The van der Waals surface area contributed by atoms with E-state index in [4.69, 9.17) is 0 Å². The molecule has 3 rings (SSSR count). The minimum Gasteiger partial charge on any atom is -0.296 e. The van der Waals surface area contributed by atoms with Crippen LogP contribution in [0, 0.1) is 25.2 Å². The minimum absolute atomic E-state index is 0.00917. The lowest BCUT2D eigenvalue weighted by molar-refractivity contribution is -0.123. The van der Waals surface area contributed by atoms with E-state index in [0.717, 1.165) is 36.0 Å². The van der Waals surface area contributed by atoms with Gasteiger partial charge in [-0.25, -0.2) is 14.6 Å². The van der Waals surface area contributed by atoms with Crippen LogP contribution in [0.4, 0.5) is 5.82 Å². The van der Waals surface area contributed by atoms with Gasteiger partial charge in [-0.05, 0) is 37.8 Å². The summed E-state index contributed by atoms with van der Waals surface area (Å²) in [5, 5.41) is 4.42. The van der Waals surface area contributed by atoms with Crippen LogP contribution in [-0.2, 0) is 17.8 Å². The number of nitrogens with zero attached hydrogens (tertiary/aromatic N) is 5. The summed E-state index contributed by atoms with van der Waals surface area (Å²) in [6.45, 7) is 11.5. The van der Waals surface area contributed by atoms with E-state index in [-0.39, 0.29) is 17.2 Å². The molecule has 1 aliphatic heterocycles. The molecule has 0 aromatic carbocycles. The Kier molecular flexibility index (Phi) is 4.62. The molecule has 1 atom stereocenters. The Balaban J connectivity index is 1.87. The zero-order valence-electron chi connectivity index (χ0n) is 15.8. The summed E-state index contributed by atoms with van der Waals surface area (Å²) in [5.41, 5.74) is 0.909. The molecule has 0 bridgehead atoms. The molecule has 1 aliphatic rings. The van der Waals surface area contributed by atoms with Gasteiger partial charge in [-0.1, -0.05) is 26.8 Å². The lowest BCUT2D eigenvalue weighted by atomic mass is 9.93. The van der Waals surface area contributed by atoms with Crippen molar-refractivity contribution in [1.29, 1.82) is 0 Å². The molecule has 0 N–H and O–H groups in total. The zero-order valence-corrected chi connectivity index (χ0v) is 15.8. The predicted molar refractivity (Wildman–Crippen MR) is 97.4 cm³/mol. The first-order valence-electron chi connectivity index (χ1n) is 8.88. The van der Waals surface area contributed by atoms with Crippen LogP contribution in [0.1, 0.15) is 44.5 Å². The number of carbonyl (C=O) groups excluding carboxylic acids is 1. The summed E-state index contributed by atoms with van der Waals surface area (Å²) in [5.74, 6) is 2.54. The number of rotatable bonds is 3. The van der Waals surface area contributed by atoms with Gasteiger partial charge in [-0.2, -0.15) is 5.10 Å². The maximum Gasteiger partial charge on any atom is 0.233 e. The minimum atomic E-state index is -0.0849. The Morgan fingerprint density at radius 1 is 1.28 bits per heavy atom. The van der Waals surface area contributed by atoms with Gasteiger partial charge in [0.1, 0.15) is 17.5 Å². The number of carbonyl (C=O) groups is 1. The Labute approximate surface area is 149 Å². The van der Waals surface area contributed by atoms with Gasteiger partial charge in [0.2, 0.25) is 5.91 Å². The zero-order chi connectivity index (χ0) is 18.2. The summed E-state index contributed by atoms with van der Waals surface area (Å²) in [6.07, 6.45) is 1.60. The van der Waals surface area contributed by atoms with Crippen molar-refractivity contribution in [3.8, 4) is 0 Å². The van der Waals surface area contributed by atoms with E-state index in [1.54, 1.807) is 0 Å². The Morgan fingerprint density at radius 3 is 2.72 bits per heavy atom. The van der Waals surface area contributed by atoms with Crippen molar-refractivity contribution in [2.75, 3.05) is 11.4 Å². The molecule has 3 heterocycles. The standard InChI is InChI=1S/C19H27N5O/c1-13-7-6-8-16(20-13)23(12-19(3,4)5)18(25)15-9-10-17-21-14(2)22-24(17)11-15/h6-8,15H,9-12H2,1-5H3/t15-/m0/s1. The van der Waals surface area contributed by atoms with Gasteiger partial charge in [-0.3, -0.25) is 9.69 Å². The van der Waals surface area contributed by atoms with Crippen molar-refractivity contribution >= 4 is 11.7 Å².